The van der Waals surface area contributed by atoms with Gasteiger partial charge in [0.2, 0.25) is 6.29 Å². The number of hydrogen-bond acceptors (Lipinski definition) is 10. The van der Waals surface area contributed by atoms with Crippen molar-refractivity contribution in [3.05, 3.63) is 35.1 Å². The fraction of sp³-hybridized carbons (Fsp3) is 0.588. The summed E-state index contributed by atoms with van der Waals surface area (Å²) >= 11 is 0. The Hall–Kier alpha value is -1.79. The van der Waals surface area contributed by atoms with Crippen LogP contribution in [-0.2, 0) is 23.7 Å². The molecule has 10 heteroatoms. The zero-order valence-electron chi connectivity index (χ0n) is 14.5. The van der Waals surface area contributed by atoms with Crippen LogP contribution in [0.4, 0.5) is 0 Å². The Morgan fingerprint density at radius 1 is 1.11 bits per heavy atom. The van der Waals surface area contributed by atoms with E-state index in [1.807, 2.05) is 0 Å². The Kier molecular flexibility index (Phi) is 5.96. The molecule has 0 bridgehead atoms. The van der Waals surface area contributed by atoms with E-state index in [-0.39, 0.29) is 12.2 Å². The molecular formula is C17H22O10. The minimum absolute atomic E-state index is 0.163. The van der Waals surface area contributed by atoms with Crippen molar-refractivity contribution in [1.29, 1.82) is 0 Å². The molecule has 3 aliphatic rings. The maximum absolute atomic E-state index is 11.9. The van der Waals surface area contributed by atoms with Gasteiger partial charge in [-0.2, -0.15) is 0 Å². The highest BCUT2D eigenvalue weighted by Gasteiger charge is 2.48. The zero-order valence-corrected chi connectivity index (χ0v) is 14.5. The lowest BCUT2D eigenvalue weighted by atomic mass is 9.89. The second-order valence-electron chi connectivity index (χ2n) is 6.36. The van der Waals surface area contributed by atoms with Gasteiger partial charge in [0.25, 0.3) is 0 Å². The molecule has 0 saturated carbocycles. The van der Waals surface area contributed by atoms with Gasteiger partial charge >= 0.3 is 5.97 Å². The van der Waals surface area contributed by atoms with E-state index in [1.54, 1.807) is 12.2 Å². The van der Waals surface area contributed by atoms with Crippen molar-refractivity contribution >= 4 is 5.97 Å². The molecule has 0 amide bonds. The monoisotopic (exact) mass is 386 g/mol. The molecule has 1 aliphatic carbocycles. The Balaban J connectivity index is 1.82. The van der Waals surface area contributed by atoms with E-state index in [2.05, 4.69) is 0 Å². The van der Waals surface area contributed by atoms with Crippen molar-refractivity contribution in [1.82, 2.24) is 0 Å². The van der Waals surface area contributed by atoms with Crippen LogP contribution in [0.25, 0.3) is 0 Å². The number of methoxy groups -OCH3 is 1. The van der Waals surface area contributed by atoms with E-state index in [0.717, 1.165) is 6.26 Å². The van der Waals surface area contributed by atoms with Crippen molar-refractivity contribution in [3.8, 4) is 0 Å². The van der Waals surface area contributed by atoms with Crippen LogP contribution in [0, 0.1) is 5.92 Å². The fourth-order valence-electron chi connectivity index (χ4n) is 3.31. The quantitative estimate of drug-likeness (QED) is 0.326. The Morgan fingerprint density at radius 3 is 2.48 bits per heavy atom. The van der Waals surface area contributed by atoms with E-state index in [0.29, 0.717) is 11.1 Å². The minimum atomic E-state index is -1.60. The maximum atomic E-state index is 11.9. The third-order valence-corrected chi connectivity index (χ3v) is 4.82. The Bertz CT molecular complexity index is 667. The number of rotatable bonds is 5. The summed E-state index contributed by atoms with van der Waals surface area (Å²) in [5.41, 5.74) is 1.18. The van der Waals surface area contributed by atoms with Crippen molar-refractivity contribution in [3.63, 3.8) is 0 Å². The summed E-state index contributed by atoms with van der Waals surface area (Å²) in [6, 6.07) is 0. The third kappa shape index (κ3) is 3.52. The minimum Gasteiger partial charge on any atom is -0.471 e. The fourth-order valence-corrected chi connectivity index (χ4v) is 3.31. The predicted molar refractivity (Wildman–Crippen MR) is 86.6 cm³/mol. The topological polar surface area (TPSA) is 155 Å². The first-order valence-corrected chi connectivity index (χ1v) is 8.34. The number of carbonyl (C=O) groups excluding carboxylic acids is 1. The average Bonchev–Trinajstić information content (AvgIpc) is 3.12. The molecule has 150 valence electrons. The third-order valence-electron chi connectivity index (χ3n) is 4.82. The lowest BCUT2D eigenvalue weighted by Crippen LogP contribution is -2.60. The molecule has 0 radical (unpaired) electrons. The highest BCUT2D eigenvalue weighted by Crippen LogP contribution is 2.41. The normalized spacial score (nSPS) is 38.3. The summed E-state index contributed by atoms with van der Waals surface area (Å²) in [4.78, 5) is 11.9. The molecule has 0 spiro atoms. The number of ether oxygens (including phenoxy) is 4. The van der Waals surface area contributed by atoms with E-state index in [1.165, 1.54) is 7.11 Å². The van der Waals surface area contributed by atoms with Crippen LogP contribution >= 0.6 is 0 Å². The first-order chi connectivity index (χ1) is 12.9. The van der Waals surface area contributed by atoms with E-state index in [9.17, 15) is 30.3 Å². The summed E-state index contributed by atoms with van der Waals surface area (Å²) in [6.07, 6.45) is -3.96. The van der Waals surface area contributed by atoms with Gasteiger partial charge in [-0.05, 0) is 11.1 Å². The van der Waals surface area contributed by atoms with Crippen LogP contribution in [0.3, 0.4) is 0 Å². The van der Waals surface area contributed by atoms with Crippen LogP contribution in [0.1, 0.15) is 0 Å². The van der Waals surface area contributed by atoms with Gasteiger partial charge in [0.15, 0.2) is 6.29 Å². The number of carbonyl (C=O) groups is 1. The van der Waals surface area contributed by atoms with Crippen molar-refractivity contribution in [2.75, 3.05) is 20.3 Å². The van der Waals surface area contributed by atoms with Gasteiger partial charge in [0.05, 0.1) is 31.8 Å². The lowest BCUT2D eigenvalue weighted by molar-refractivity contribution is -0.336. The molecule has 1 fully saturated rings. The van der Waals surface area contributed by atoms with Gasteiger partial charge in [-0.25, -0.2) is 4.79 Å². The number of esters is 1. The van der Waals surface area contributed by atoms with Crippen LogP contribution in [0.5, 0.6) is 0 Å². The second-order valence-corrected chi connectivity index (χ2v) is 6.36. The van der Waals surface area contributed by atoms with Gasteiger partial charge in [-0.1, -0.05) is 12.2 Å². The van der Waals surface area contributed by atoms with Gasteiger partial charge < -0.3 is 44.5 Å². The van der Waals surface area contributed by atoms with E-state index >= 15 is 0 Å². The van der Waals surface area contributed by atoms with Gasteiger partial charge in [-0.15, -0.1) is 0 Å². The number of fused-ring (bicyclic) bond motifs is 1. The Morgan fingerprint density at radius 2 is 1.85 bits per heavy atom. The molecular weight excluding hydrogens is 364 g/mol. The van der Waals surface area contributed by atoms with E-state index < -0.39 is 55.5 Å². The maximum Gasteiger partial charge on any atom is 0.341 e. The van der Waals surface area contributed by atoms with Crippen LogP contribution < -0.4 is 0 Å². The van der Waals surface area contributed by atoms with Crippen molar-refractivity contribution in [2.24, 2.45) is 5.92 Å². The molecule has 0 unspecified atom stereocenters. The smallest absolute Gasteiger partial charge is 0.341 e. The standard InChI is InChI=1S/C17H22O10/c1-24-15(23)9-6-25-16(11-7(4-18)2-3-8(9)11)27-17-14(22)13(21)12(20)10(5-19)26-17/h2-3,6,10-14,16-22H,4-5H2,1H3/t10-,11-,12-,13+,14-,16+,17+/m1/s1. The summed E-state index contributed by atoms with van der Waals surface area (Å²) in [5, 5.41) is 48.7. The second kappa shape index (κ2) is 8.07. The summed E-state index contributed by atoms with van der Waals surface area (Å²) in [5.74, 6) is -1.29. The molecule has 0 aromatic rings. The van der Waals surface area contributed by atoms with Gasteiger partial charge in [0.1, 0.15) is 30.7 Å². The summed E-state index contributed by atoms with van der Waals surface area (Å²) in [6.45, 7) is -0.921. The molecule has 7 atom stereocenters. The van der Waals surface area contributed by atoms with Crippen molar-refractivity contribution < 1.29 is 49.3 Å². The highest BCUT2D eigenvalue weighted by molar-refractivity contribution is 5.94. The number of aliphatic hydroxyl groups is 5. The molecule has 0 aromatic carbocycles. The first-order valence-electron chi connectivity index (χ1n) is 8.34. The van der Waals surface area contributed by atoms with E-state index in [4.69, 9.17) is 18.9 Å². The van der Waals surface area contributed by atoms with Gasteiger partial charge in [-0.3, -0.25) is 0 Å². The van der Waals surface area contributed by atoms with Crippen LogP contribution in [-0.4, -0.2) is 88.8 Å². The molecule has 10 nitrogen and oxygen atoms in total. The number of aliphatic hydroxyl groups excluding tert-OH is 5. The van der Waals surface area contributed by atoms with Gasteiger partial charge in [0, 0.05) is 0 Å². The predicted octanol–water partition coefficient (Wildman–Crippen LogP) is -2.31. The molecule has 2 aliphatic heterocycles. The molecule has 0 aromatic heterocycles. The largest absolute Gasteiger partial charge is 0.471 e. The lowest BCUT2D eigenvalue weighted by Gasteiger charge is -2.42. The molecule has 3 rings (SSSR count). The van der Waals surface area contributed by atoms with Crippen LogP contribution in [0.2, 0.25) is 0 Å². The number of hydrogen-bond donors (Lipinski definition) is 5. The first kappa shape index (κ1) is 20.0. The molecule has 2 heterocycles. The summed E-state index contributed by atoms with van der Waals surface area (Å²) < 4.78 is 21.1. The Labute approximate surface area is 154 Å². The molecule has 27 heavy (non-hydrogen) atoms. The number of allylic oxidation sites excluding steroid dienone is 2. The highest BCUT2D eigenvalue weighted by atomic mass is 16.8. The molecule has 1 saturated heterocycles. The zero-order chi connectivity index (χ0) is 19.7. The summed E-state index contributed by atoms with van der Waals surface area (Å²) in [7, 11) is 1.23. The average molecular weight is 386 g/mol. The van der Waals surface area contributed by atoms with Crippen molar-refractivity contribution in [2.45, 2.75) is 37.0 Å². The van der Waals surface area contributed by atoms with Crippen LogP contribution in [0.15, 0.2) is 35.1 Å². The molecule has 5 N–H and O–H groups in total. The SMILES string of the molecule is COC(=O)C1=CO[C@@H](O[C@@H]2O[C@H](CO)[C@@H](O)[C@H](O)[C@H]2O)[C@@H]2C(CO)=CC=C12.